The van der Waals surface area contributed by atoms with Gasteiger partial charge in [-0.15, -0.1) is 0 Å². The van der Waals surface area contributed by atoms with Gasteiger partial charge >= 0.3 is 5.97 Å². The Morgan fingerprint density at radius 2 is 2.04 bits per heavy atom. The van der Waals surface area contributed by atoms with Crippen LogP contribution in [0.25, 0.3) is 0 Å². The van der Waals surface area contributed by atoms with Crippen LogP contribution in [0.5, 0.6) is 0 Å². The van der Waals surface area contributed by atoms with Crippen molar-refractivity contribution < 1.29 is 24.2 Å². The van der Waals surface area contributed by atoms with Crippen molar-refractivity contribution in [1.82, 2.24) is 9.80 Å². The minimum Gasteiger partial charge on any atom is -0.480 e. The number of carboxylic acid groups (broad SMARTS) is 1. The maximum absolute atomic E-state index is 12.7. The van der Waals surface area contributed by atoms with Crippen molar-refractivity contribution in [2.75, 3.05) is 33.4 Å². The van der Waals surface area contributed by atoms with Crippen LogP contribution in [0.1, 0.15) is 30.5 Å². The highest BCUT2D eigenvalue weighted by atomic mass is 16.5. The lowest BCUT2D eigenvalue weighted by atomic mass is 9.90. The van der Waals surface area contributed by atoms with Gasteiger partial charge in [-0.3, -0.25) is 14.4 Å². The van der Waals surface area contributed by atoms with Gasteiger partial charge in [0.25, 0.3) is 0 Å². The quantitative estimate of drug-likeness (QED) is 0.797. The lowest BCUT2D eigenvalue weighted by Gasteiger charge is -2.37. The number of hydrogen-bond acceptors (Lipinski definition) is 4. The number of nitrogens with zero attached hydrogens (tertiary/aromatic N) is 2. The summed E-state index contributed by atoms with van der Waals surface area (Å²) in [5.41, 5.74) is 2.08. The van der Waals surface area contributed by atoms with E-state index in [0.717, 1.165) is 17.5 Å². The van der Waals surface area contributed by atoms with Crippen LogP contribution in [0.2, 0.25) is 0 Å². The molecular weight excluding hydrogens is 324 g/mol. The second kappa shape index (κ2) is 8.62. The summed E-state index contributed by atoms with van der Waals surface area (Å²) in [5.74, 6) is -1.46. The average Bonchev–Trinajstić information content (AvgIpc) is 2.58. The summed E-state index contributed by atoms with van der Waals surface area (Å²) in [5, 5.41) is 9.04. The zero-order chi connectivity index (χ0) is 18.4. The van der Waals surface area contributed by atoms with Crippen LogP contribution in [-0.4, -0.2) is 66.0 Å². The van der Waals surface area contributed by atoms with E-state index in [1.807, 2.05) is 24.3 Å². The summed E-state index contributed by atoms with van der Waals surface area (Å²) in [7, 11) is 1.50. The summed E-state index contributed by atoms with van der Waals surface area (Å²) >= 11 is 0. The molecule has 1 aliphatic rings. The van der Waals surface area contributed by atoms with E-state index in [4.69, 9.17) is 9.84 Å². The van der Waals surface area contributed by atoms with E-state index in [-0.39, 0.29) is 44.0 Å². The molecule has 0 saturated heterocycles. The first-order valence-electron chi connectivity index (χ1n) is 8.27. The molecule has 1 aromatic rings. The normalized spacial score (nSPS) is 16.2. The third kappa shape index (κ3) is 4.79. The van der Waals surface area contributed by atoms with Crippen LogP contribution >= 0.6 is 0 Å². The first-order valence-corrected chi connectivity index (χ1v) is 8.27. The van der Waals surface area contributed by atoms with Crippen LogP contribution in [0.4, 0.5) is 0 Å². The molecule has 1 atom stereocenters. The number of ether oxygens (including phenoxy) is 1. The van der Waals surface area contributed by atoms with Gasteiger partial charge in [0.2, 0.25) is 11.8 Å². The van der Waals surface area contributed by atoms with Crippen molar-refractivity contribution in [3.63, 3.8) is 0 Å². The Morgan fingerprint density at radius 1 is 1.32 bits per heavy atom. The van der Waals surface area contributed by atoms with Gasteiger partial charge in [0.15, 0.2) is 0 Å². The number of benzene rings is 1. The molecule has 0 bridgehead atoms. The molecular formula is C18H24N2O5. The van der Waals surface area contributed by atoms with Gasteiger partial charge in [-0.25, -0.2) is 0 Å². The molecule has 25 heavy (non-hydrogen) atoms. The number of rotatable bonds is 7. The molecule has 1 heterocycles. The number of aliphatic carboxylic acids is 1. The summed E-state index contributed by atoms with van der Waals surface area (Å²) in [6, 6.07) is 7.40. The fourth-order valence-electron chi connectivity index (χ4n) is 3.20. The molecule has 0 fully saturated rings. The highest BCUT2D eigenvalue weighted by Crippen LogP contribution is 2.32. The van der Waals surface area contributed by atoms with Crippen molar-refractivity contribution in [2.45, 2.75) is 25.8 Å². The zero-order valence-electron chi connectivity index (χ0n) is 14.6. The van der Waals surface area contributed by atoms with Crippen LogP contribution in [0.15, 0.2) is 24.3 Å². The van der Waals surface area contributed by atoms with Gasteiger partial charge in [-0.1, -0.05) is 24.3 Å². The van der Waals surface area contributed by atoms with E-state index in [9.17, 15) is 14.4 Å². The summed E-state index contributed by atoms with van der Waals surface area (Å²) in [6.07, 6.45) is 0.816. The van der Waals surface area contributed by atoms with Crippen molar-refractivity contribution in [1.29, 1.82) is 0 Å². The minimum absolute atomic E-state index is 0.0631. The van der Waals surface area contributed by atoms with Crippen molar-refractivity contribution in [3.8, 4) is 0 Å². The van der Waals surface area contributed by atoms with Gasteiger partial charge in [-0.05, 0) is 17.5 Å². The summed E-state index contributed by atoms with van der Waals surface area (Å²) < 4.78 is 4.96. The molecule has 0 saturated carbocycles. The number of methoxy groups -OCH3 is 1. The van der Waals surface area contributed by atoms with E-state index < -0.39 is 5.97 Å². The third-order valence-electron chi connectivity index (χ3n) is 4.43. The molecule has 0 aliphatic carbocycles. The molecule has 1 aliphatic heterocycles. The van der Waals surface area contributed by atoms with E-state index >= 15 is 0 Å². The third-order valence-corrected chi connectivity index (χ3v) is 4.43. The standard InChI is InChI=1S/C18H24N2O5/c1-13(21)20-8-7-14-5-3-4-6-15(14)16(20)11-17(22)19(9-10-25-2)12-18(23)24/h3-6,16H,7-12H2,1-2H3,(H,23,24). The number of carbonyl (C=O) groups excluding carboxylic acids is 2. The number of hydrogen-bond donors (Lipinski definition) is 1. The molecule has 0 aromatic heterocycles. The van der Waals surface area contributed by atoms with E-state index in [1.54, 1.807) is 4.90 Å². The van der Waals surface area contributed by atoms with Crippen LogP contribution in [0.3, 0.4) is 0 Å². The highest BCUT2D eigenvalue weighted by molar-refractivity contribution is 5.83. The van der Waals surface area contributed by atoms with Gasteiger partial charge in [0.1, 0.15) is 6.54 Å². The largest absolute Gasteiger partial charge is 0.480 e. The maximum Gasteiger partial charge on any atom is 0.323 e. The Bertz CT molecular complexity index is 646. The molecule has 0 radical (unpaired) electrons. The van der Waals surface area contributed by atoms with Gasteiger partial charge in [0.05, 0.1) is 19.1 Å². The second-order valence-corrected chi connectivity index (χ2v) is 6.08. The van der Waals surface area contributed by atoms with E-state index in [0.29, 0.717) is 6.54 Å². The summed E-state index contributed by atoms with van der Waals surface area (Å²) in [4.78, 5) is 38.7. The molecule has 136 valence electrons. The molecule has 0 spiro atoms. The fourth-order valence-corrected chi connectivity index (χ4v) is 3.20. The number of amides is 2. The Hall–Kier alpha value is -2.41. The lowest BCUT2D eigenvalue weighted by Crippen LogP contribution is -2.43. The smallest absolute Gasteiger partial charge is 0.323 e. The van der Waals surface area contributed by atoms with Crippen LogP contribution < -0.4 is 0 Å². The topological polar surface area (TPSA) is 87.2 Å². The molecule has 7 nitrogen and oxygen atoms in total. The Labute approximate surface area is 147 Å². The molecule has 2 rings (SSSR count). The average molecular weight is 348 g/mol. The number of carbonyl (C=O) groups is 3. The van der Waals surface area contributed by atoms with Crippen LogP contribution in [-0.2, 0) is 25.5 Å². The first kappa shape index (κ1) is 18.9. The second-order valence-electron chi connectivity index (χ2n) is 6.08. The van der Waals surface area contributed by atoms with Crippen LogP contribution in [0, 0.1) is 0 Å². The van der Waals surface area contributed by atoms with Gasteiger partial charge < -0.3 is 19.6 Å². The zero-order valence-corrected chi connectivity index (χ0v) is 14.6. The van der Waals surface area contributed by atoms with Crippen molar-refractivity contribution >= 4 is 17.8 Å². The Kier molecular flexibility index (Phi) is 6.52. The van der Waals surface area contributed by atoms with Crippen molar-refractivity contribution in [3.05, 3.63) is 35.4 Å². The molecule has 1 unspecified atom stereocenters. The van der Waals surface area contributed by atoms with Gasteiger partial charge in [0, 0.05) is 27.1 Å². The predicted molar refractivity (Wildman–Crippen MR) is 91.0 cm³/mol. The fraction of sp³-hybridized carbons (Fsp3) is 0.500. The van der Waals surface area contributed by atoms with E-state index in [2.05, 4.69) is 0 Å². The predicted octanol–water partition coefficient (Wildman–Crippen LogP) is 1.08. The highest BCUT2D eigenvalue weighted by Gasteiger charge is 2.32. The first-order chi connectivity index (χ1) is 11.9. The molecule has 1 aromatic carbocycles. The summed E-state index contributed by atoms with van der Waals surface area (Å²) in [6.45, 7) is 2.13. The SMILES string of the molecule is COCCN(CC(=O)O)C(=O)CC1c2ccccc2CCN1C(C)=O. The van der Waals surface area contributed by atoms with E-state index in [1.165, 1.54) is 18.9 Å². The molecule has 7 heteroatoms. The maximum atomic E-state index is 12.7. The number of carboxylic acids is 1. The van der Waals surface area contributed by atoms with Gasteiger partial charge in [-0.2, -0.15) is 0 Å². The monoisotopic (exact) mass is 348 g/mol. The molecule has 1 N–H and O–H groups in total. The molecule has 2 amide bonds. The lowest BCUT2D eigenvalue weighted by molar-refractivity contribution is -0.146. The minimum atomic E-state index is -1.07. The Balaban J connectivity index is 2.22. The Morgan fingerprint density at radius 3 is 2.68 bits per heavy atom. The number of fused-ring (bicyclic) bond motifs is 1. The van der Waals surface area contributed by atoms with Crippen molar-refractivity contribution in [2.24, 2.45) is 0 Å².